The van der Waals surface area contributed by atoms with Crippen LogP contribution >= 0.6 is 15.9 Å². The summed E-state index contributed by atoms with van der Waals surface area (Å²) < 4.78 is 6.55. The van der Waals surface area contributed by atoms with Gasteiger partial charge in [0.1, 0.15) is 5.75 Å². The van der Waals surface area contributed by atoms with Crippen LogP contribution in [0.1, 0.15) is 51.7 Å². The van der Waals surface area contributed by atoms with Crippen LogP contribution in [0, 0.1) is 0 Å². The summed E-state index contributed by atoms with van der Waals surface area (Å²) in [4.78, 5) is 12.0. The zero-order valence-electron chi connectivity index (χ0n) is 12.9. The number of hydrogen-bond donors (Lipinski definition) is 2. The molecule has 1 rings (SSSR count). The summed E-state index contributed by atoms with van der Waals surface area (Å²) in [5.41, 5.74) is 0.670. The minimum Gasteiger partial charge on any atom is -0.480 e. The molecule has 0 aromatic heterocycles. The first-order valence-electron chi connectivity index (χ1n) is 7.37. The molecule has 0 heterocycles. The molecule has 118 valence electrons. The van der Waals surface area contributed by atoms with E-state index in [0.717, 1.165) is 23.7 Å². The molecular weight excluding hydrogens is 334 g/mol. The zero-order valence-corrected chi connectivity index (χ0v) is 14.4. The fourth-order valence-electron chi connectivity index (χ4n) is 1.93. The van der Waals surface area contributed by atoms with Gasteiger partial charge in [0, 0.05) is 16.6 Å². The van der Waals surface area contributed by atoms with Gasteiger partial charge in [-0.1, -0.05) is 41.8 Å². The molecule has 1 aromatic carbocycles. The van der Waals surface area contributed by atoms with Gasteiger partial charge in [-0.2, -0.15) is 0 Å². The fourth-order valence-corrected chi connectivity index (χ4v) is 2.27. The van der Waals surface area contributed by atoms with Crippen LogP contribution in [0.4, 0.5) is 0 Å². The number of carbonyl (C=O) groups excluding carboxylic acids is 1. The van der Waals surface area contributed by atoms with Gasteiger partial charge in [-0.3, -0.25) is 4.79 Å². The van der Waals surface area contributed by atoms with Crippen LogP contribution in [0.3, 0.4) is 0 Å². The van der Waals surface area contributed by atoms with E-state index in [1.54, 1.807) is 26.0 Å². The van der Waals surface area contributed by atoms with E-state index in [1.807, 2.05) is 6.07 Å². The lowest BCUT2D eigenvalue weighted by molar-refractivity contribution is -0.127. The van der Waals surface area contributed by atoms with Gasteiger partial charge >= 0.3 is 0 Å². The van der Waals surface area contributed by atoms with E-state index in [2.05, 4.69) is 28.2 Å². The Morgan fingerprint density at radius 1 is 1.38 bits per heavy atom. The Hall–Kier alpha value is -1.07. The summed E-state index contributed by atoms with van der Waals surface area (Å²) in [6.07, 6.45) is 1.96. The summed E-state index contributed by atoms with van der Waals surface area (Å²) in [6.45, 7) is 6.17. The number of halogens is 1. The van der Waals surface area contributed by atoms with E-state index >= 15 is 0 Å². The Morgan fingerprint density at radius 2 is 2.10 bits per heavy atom. The van der Waals surface area contributed by atoms with Crippen molar-refractivity contribution in [3.8, 4) is 5.75 Å². The highest BCUT2D eigenvalue weighted by Crippen LogP contribution is 2.29. The molecule has 0 saturated heterocycles. The lowest BCUT2D eigenvalue weighted by atomic mass is 10.1. The highest BCUT2D eigenvalue weighted by atomic mass is 79.9. The third kappa shape index (κ3) is 6.06. The average molecular weight is 358 g/mol. The van der Waals surface area contributed by atoms with Crippen LogP contribution in [0.2, 0.25) is 0 Å². The van der Waals surface area contributed by atoms with Crippen molar-refractivity contribution in [2.75, 3.05) is 6.54 Å². The largest absolute Gasteiger partial charge is 0.480 e. The maximum atomic E-state index is 12.0. The number of aliphatic hydroxyl groups is 1. The number of aliphatic hydroxyl groups excluding tert-OH is 1. The number of carbonyl (C=O) groups is 1. The van der Waals surface area contributed by atoms with Crippen molar-refractivity contribution in [3.63, 3.8) is 0 Å². The molecule has 1 amide bonds. The van der Waals surface area contributed by atoms with Crippen molar-refractivity contribution in [1.82, 2.24) is 5.32 Å². The van der Waals surface area contributed by atoms with E-state index in [9.17, 15) is 9.90 Å². The molecule has 0 radical (unpaired) electrons. The van der Waals surface area contributed by atoms with Crippen molar-refractivity contribution in [2.45, 2.75) is 52.2 Å². The first kappa shape index (κ1) is 18.0. The lowest BCUT2D eigenvalue weighted by Crippen LogP contribution is -2.37. The number of rotatable bonds is 8. The molecule has 4 nitrogen and oxygen atoms in total. The second kappa shape index (κ2) is 9.05. The average Bonchev–Trinajstić information content (AvgIpc) is 2.43. The first-order chi connectivity index (χ1) is 9.95. The van der Waals surface area contributed by atoms with Gasteiger partial charge in [0.05, 0.1) is 6.10 Å². The van der Waals surface area contributed by atoms with Crippen LogP contribution in [-0.4, -0.2) is 23.7 Å². The smallest absolute Gasteiger partial charge is 0.260 e. The topological polar surface area (TPSA) is 58.6 Å². The minimum atomic E-state index is -0.645. The predicted molar refractivity (Wildman–Crippen MR) is 87.4 cm³/mol. The van der Waals surface area contributed by atoms with Crippen LogP contribution < -0.4 is 10.1 Å². The number of hydrogen-bond acceptors (Lipinski definition) is 3. The maximum Gasteiger partial charge on any atom is 0.260 e. The second-order valence-corrected chi connectivity index (χ2v) is 6.03. The molecule has 21 heavy (non-hydrogen) atoms. The first-order valence-corrected chi connectivity index (χ1v) is 8.16. The Bertz CT molecular complexity index is 463. The third-order valence-electron chi connectivity index (χ3n) is 3.18. The van der Waals surface area contributed by atoms with Gasteiger partial charge in [-0.05, 0) is 32.4 Å². The lowest BCUT2D eigenvalue weighted by Gasteiger charge is -2.18. The van der Waals surface area contributed by atoms with Crippen LogP contribution in [-0.2, 0) is 4.79 Å². The molecule has 0 fully saturated rings. The molecule has 0 bridgehead atoms. The molecule has 0 saturated carbocycles. The molecule has 1 aromatic rings. The highest BCUT2D eigenvalue weighted by molar-refractivity contribution is 9.10. The monoisotopic (exact) mass is 357 g/mol. The second-order valence-electron chi connectivity index (χ2n) is 5.12. The molecule has 1 unspecified atom stereocenters. The molecule has 0 aliphatic rings. The number of ether oxygens (including phenoxy) is 1. The molecule has 0 aliphatic heterocycles. The van der Waals surface area contributed by atoms with Crippen molar-refractivity contribution in [2.24, 2.45) is 0 Å². The van der Waals surface area contributed by atoms with Crippen molar-refractivity contribution in [3.05, 3.63) is 28.2 Å². The standard InChI is InChI=1S/C16H24BrNO3/c1-4-5-6-9-18-16(20)12(3)21-15-10-13(17)7-8-14(15)11(2)19/h7-8,10-12,19H,4-6,9H2,1-3H3,(H,18,20)/t11-,12?/m0/s1. The predicted octanol–water partition coefficient (Wildman–Crippen LogP) is 3.58. The zero-order chi connectivity index (χ0) is 15.8. The Balaban J connectivity index is 2.63. The van der Waals surface area contributed by atoms with Crippen LogP contribution in [0.5, 0.6) is 5.75 Å². The van der Waals surface area contributed by atoms with E-state index < -0.39 is 12.2 Å². The van der Waals surface area contributed by atoms with Crippen LogP contribution in [0.15, 0.2) is 22.7 Å². The van der Waals surface area contributed by atoms with Crippen molar-refractivity contribution in [1.29, 1.82) is 0 Å². The molecular formula is C16H24BrNO3. The van der Waals surface area contributed by atoms with Crippen molar-refractivity contribution < 1.29 is 14.6 Å². The Labute approximate surface area is 135 Å². The van der Waals surface area contributed by atoms with Gasteiger partial charge in [0.15, 0.2) is 6.10 Å². The van der Waals surface area contributed by atoms with Gasteiger partial charge in [0.2, 0.25) is 0 Å². The van der Waals surface area contributed by atoms with Gasteiger partial charge in [-0.15, -0.1) is 0 Å². The number of unbranched alkanes of at least 4 members (excludes halogenated alkanes) is 2. The Morgan fingerprint density at radius 3 is 2.71 bits per heavy atom. The van der Waals surface area contributed by atoms with Gasteiger partial charge in [0.25, 0.3) is 5.91 Å². The van der Waals surface area contributed by atoms with E-state index in [-0.39, 0.29) is 5.91 Å². The fraction of sp³-hybridized carbons (Fsp3) is 0.562. The molecule has 2 N–H and O–H groups in total. The number of nitrogens with one attached hydrogen (secondary N) is 1. The maximum absolute atomic E-state index is 12.0. The number of amides is 1. The third-order valence-corrected chi connectivity index (χ3v) is 3.67. The minimum absolute atomic E-state index is 0.136. The Kier molecular flexibility index (Phi) is 7.75. The van der Waals surface area contributed by atoms with Gasteiger partial charge < -0.3 is 15.2 Å². The summed E-state index contributed by atoms with van der Waals surface area (Å²) >= 11 is 3.37. The molecule has 2 atom stereocenters. The summed E-state index contributed by atoms with van der Waals surface area (Å²) in [5, 5.41) is 12.6. The van der Waals surface area contributed by atoms with E-state index in [0.29, 0.717) is 17.9 Å². The van der Waals surface area contributed by atoms with Crippen molar-refractivity contribution >= 4 is 21.8 Å². The summed E-state index contributed by atoms with van der Waals surface area (Å²) in [5.74, 6) is 0.387. The summed E-state index contributed by atoms with van der Waals surface area (Å²) in [6, 6.07) is 5.39. The molecule has 0 aliphatic carbocycles. The SMILES string of the molecule is CCCCCNC(=O)C(C)Oc1cc(Br)ccc1[C@H](C)O. The molecule has 0 spiro atoms. The quantitative estimate of drug-likeness (QED) is 0.699. The number of benzene rings is 1. The van der Waals surface area contributed by atoms with Gasteiger partial charge in [-0.25, -0.2) is 0 Å². The summed E-state index contributed by atoms with van der Waals surface area (Å²) in [7, 11) is 0. The van der Waals surface area contributed by atoms with E-state index in [4.69, 9.17) is 4.74 Å². The van der Waals surface area contributed by atoms with Crippen LogP contribution in [0.25, 0.3) is 0 Å². The normalized spacial score (nSPS) is 13.6. The molecule has 5 heteroatoms. The highest BCUT2D eigenvalue weighted by Gasteiger charge is 2.17. The van der Waals surface area contributed by atoms with E-state index in [1.165, 1.54) is 0 Å².